The van der Waals surface area contributed by atoms with E-state index in [0.717, 1.165) is 31.5 Å². The van der Waals surface area contributed by atoms with Gasteiger partial charge in [-0.15, -0.1) is 0 Å². The minimum Gasteiger partial charge on any atom is -0.324 e. The van der Waals surface area contributed by atoms with Gasteiger partial charge in [-0.1, -0.05) is 24.3 Å². The van der Waals surface area contributed by atoms with Gasteiger partial charge in [-0.3, -0.25) is 9.59 Å². The van der Waals surface area contributed by atoms with Crippen LogP contribution in [0.15, 0.2) is 42.5 Å². The van der Waals surface area contributed by atoms with E-state index in [1.165, 1.54) is 17.2 Å². The molecule has 0 fully saturated rings. The second-order valence-corrected chi connectivity index (χ2v) is 6.66. The van der Waals surface area contributed by atoms with E-state index in [1.54, 1.807) is 25.1 Å². The van der Waals surface area contributed by atoms with Gasteiger partial charge in [0.25, 0.3) is 0 Å². The SMILES string of the molecule is CC(=O)c1ccc2c(c1)CCN(CCC(=O)Nc1ccccc1F)CC2. The van der Waals surface area contributed by atoms with Crippen LogP contribution in [0, 0.1) is 5.82 Å². The summed E-state index contributed by atoms with van der Waals surface area (Å²) in [6, 6.07) is 12.1. The zero-order valence-corrected chi connectivity index (χ0v) is 14.9. The van der Waals surface area contributed by atoms with Crippen LogP contribution >= 0.6 is 0 Å². The number of halogens is 1. The summed E-state index contributed by atoms with van der Waals surface area (Å²) in [6.45, 7) is 3.94. The number of hydrogen-bond acceptors (Lipinski definition) is 3. The minimum absolute atomic E-state index is 0.0821. The predicted molar refractivity (Wildman–Crippen MR) is 99.9 cm³/mol. The Hall–Kier alpha value is -2.53. The smallest absolute Gasteiger partial charge is 0.225 e. The molecule has 136 valence electrons. The quantitative estimate of drug-likeness (QED) is 0.837. The van der Waals surface area contributed by atoms with Crippen molar-refractivity contribution in [2.45, 2.75) is 26.2 Å². The van der Waals surface area contributed by atoms with Crippen LogP contribution in [0.2, 0.25) is 0 Å². The molecule has 1 heterocycles. The monoisotopic (exact) mass is 354 g/mol. The topological polar surface area (TPSA) is 49.4 Å². The highest BCUT2D eigenvalue weighted by molar-refractivity contribution is 5.94. The summed E-state index contributed by atoms with van der Waals surface area (Å²) in [6.07, 6.45) is 2.09. The average Bonchev–Trinajstić information content (AvgIpc) is 2.83. The maximum atomic E-state index is 13.6. The molecule has 26 heavy (non-hydrogen) atoms. The molecular weight excluding hydrogens is 331 g/mol. The van der Waals surface area contributed by atoms with E-state index in [0.29, 0.717) is 13.0 Å². The third-order valence-electron chi connectivity index (χ3n) is 4.81. The van der Waals surface area contributed by atoms with Crippen LogP contribution in [0.5, 0.6) is 0 Å². The van der Waals surface area contributed by atoms with Gasteiger partial charge in [-0.05, 0) is 49.1 Å². The first-order chi connectivity index (χ1) is 12.5. The van der Waals surface area contributed by atoms with Gasteiger partial charge in [0.1, 0.15) is 5.82 Å². The molecular formula is C21H23FN2O2. The second kappa shape index (κ2) is 8.23. The number of carbonyl (C=O) groups excluding carboxylic acids is 2. The van der Waals surface area contributed by atoms with Gasteiger partial charge in [0, 0.05) is 31.6 Å². The molecule has 0 aliphatic carbocycles. The number of hydrogen-bond donors (Lipinski definition) is 1. The fourth-order valence-electron chi connectivity index (χ4n) is 3.25. The van der Waals surface area contributed by atoms with Crippen molar-refractivity contribution in [3.63, 3.8) is 0 Å². The van der Waals surface area contributed by atoms with E-state index in [9.17, 15) is 14.0 Å². The Morgan fingerprint density at radius 3 is 2.54 bits per heavy atom. The first-order valence-corrected chi connectivity index (χ1v) is 8.92. The van der Waals surface area contributed by atoms with Crippen LogP contribution in [0.4, 0.5) is 10.1 Å². The number of benzene rings is 2. The standard InChI is InChI=1S/C21H23FN2O2/c1-15(25)17-7-6-16-8-11-24(12-9-18(16)14-17)13-10-21(26)23-20-5-3-2-4-19(20)22/h2-7,14H,8-13H2,1H3,(H,23,26). The van der Waals surface area contributed by atoms with E-state index < -0.39 is 5.82 Å². The molecule has 2 aromatic rings. The number of fused-ring (bicyclic) bond motifs is 1. The van der Waals surface area contributed by atoms with Crippen molar-refractivity contribution in [2.75, 3.05) is 25.0 Å². The molecule has 0 radical (unpaired) electrons. The zero-order valence-electron chi connectivity index (χ0n) is 14.9. The first kappa shape index (κ1) is 18.3. The highest BCUT2D eigenvalue weighted by atomic mass is 19.1. The van der Waals surface area contributed by atoms with E-state index in [4.69, 9.17) is 0 Å². The fourth-order valence-corrected chi connectivity index (χ4v) is 3.25. The average molecular weight is 354 g/mol. The lowest BCUT2D eigenvalue weighted by Crippen LogP contribution is -2.30. The molecule has 2 aromatic carbocycles. The molecule has 5 heteroatoms. The number of anilines is 1. The highest BCUT2D eigenvalue weighted by Gasteiger charge is 2.16. The molecule has 0 bridgehead atoms. The van der Waals surface area contributed by atoms with Crippen LogP contribution in [-0.2, 0) is 17.6 Å². The van der Waals surface area contributed by atoms with Crippen molar-refractivity contribution in [3.05, 3.63) is 65.0 Å². The molecule has 0 saturated carbocycles. The van der Waals surface area contributed by atoms with Crippen LogP contribution in [-0.4, -0.2) is 36.2 Å². The summed E-state index contributed by atoms with van der Waals surface area (Å²) in [5, 5.41) is 2.62. The predicted octanol–water partition coefficient (Wildman–Crippen LogP) is 3.46. The summed E-state index contributed by atoms with van der Waals surface area (Å²) >= 11 is 0. The molecule has 0 spiro atoms. The Kier molecular flexibility index (Phi) is 5.78. The second-order valence-electron chi connectivity index (χ2n) is 6.66. The van der Waals surface area contributed by atoms with Gasteiger partial charge < -0.3 is 10.2 Å². The lowest BCUT2D eigenvalue weighted by Gasteiger charge is -2.19. The van der Waals surface area contributed by atoms with Gasteiger partial charge in [-0.2, -0.15) is 0 Å². The third-order valence-corrected chi connectivity index (χ3v) is 4.81. The molecule has 1 N–H and O–H groups in total. The lowest BCUT2D eigenvalue weighted by molar-refractivity contribution is -0.116. The van der Waals surface area contributed by atoms with E-state index in [1.807, 2.05) is 18.2 Å². The van der Waals surface area contributed by atoms with Crippen LogP contribution < -0.4 is 5.32 Å². The summed E-state index contributed by atoms with van der Waals surface area (Å²) < 4.78 is 13.6. The van der Waals surface area contributed by atoms with Crippen LogP contribution in [0.1, 0.15) is 34.8 Å². The van der Waals surface area contributed by atoms with Gasteiger partial charge in [-0.25, -0.2) is 4.39 Å². The van der Waals surface area contributed by atoms with Gasteiger partial charge in [0.15, 0.2) is 5.78 Å². The van der Waals surface area contributed by atoms with Gasteiger partial charge in [0.05, 0.1) is 5.69 Å². The van der Waals surface area contributed by atoms with E-state index >= 15 is 0 Å². The summed E-state index contributed by atoms with van der Waals surface area (Å²) in [4.78, 5) is 25.9. The van der Waals surface area contributed by atoms with Crippen LogP contribution in [0.25, 0.3) is 0 Å². The number of nitrogens with one attached hydrogen (secondary N) is 1. The Morgan fingerprint density at radius 1 is 1.08 bits per heavy atom. The molecule has 0 saturated heterocycles. The number of rotatable bonds is 5. The number of nitrogens with zero attached hydrogens (tertiary/aromatic N) is 1. The van der Waals surface area contributed by atoms with Crippen molar-refractivity contribution >= 4 is 17.4 Å². The fraction of sp³-hybridized carbons (Fsp3) is 0.333. The number of para-hydroxylation sites is 1. The number of amides is 1. The van der Waals surface area contributed by atoms with Crippen molar-refractivity contribution < 1.29 is 14.0 Å². The van der Waals surface area contributed by atoms with Crippen LogP contribution in [0.3, 0.4) is 0 Å². The number of carbonyl (C=O) groups is 2. The minimum atomic E-state index is -0.424. The van der Waals surface area contributed by atoms with Crippen molar-refractivity contribution in [3.8, 4) is 0 Å². The Morgan fingerprint density at radius 2 is 1.81 bits per heavy atom. The molecule has 0 unspecified atom stereocenters. The summed E-state index contributed by atoms with van der Waals surface area (Å²) in [5.74, 6) is -0.526. The van der Waals surface area contributed by atoms with Gasteiger partial charge >= 0.3 is 0 Å². The highest BCUT2D eigenvalue weighted by Crippen LogP contribution is 2.19. The Balaban J connectivity index is 1.53. The van der Waals surface area contributed by atoms with Crippen molar-refractivity contribution in [2.24, 2.45) is 0 Å². The maximum Gasteiger partial charge on any atom is 0.225 e. The van der Waals surface area contributed by atoms with Crippen molar-refractivity contribution in [1.29, 1.82) is 0 Å². The normalized spacial score (nSPS) is 14.4. The van der Waals surface area contributed by atoms with E-state index in [2.05, 4.69) is 10.2 Å². The Bertz CT molecular complexity index is 819. The molecule has 1 amide bonds. The molecule has 0 atom stereocenters. The maximum absolute atomic E-state index is 13.6. The summed E-state index contributed by atoms with van der Waals surface area (Å²) in [5.41, 5.74) is 3.46. The Labute approximate surface area is 153 Å². The molecule has 4 nitrogen and oxygen atoms in total. The summed E-state index contributed by atoms with van der Waals surface area (Å²) in [7, 11) is 0. The third kappa shape index (κ3) is 4.55. The van der Waals surface area contributed by atoms with E-state index in [-0.39, 0.29) is 17.4 Å². The molecule has 3 rings (SSSR count). The molecule has 1 aliphatic rings. The van der Waals surface area contributed by atoms with Gasteiger partial charge in [0.2, 0.25) is 5.91 Å². The largest absolute Gasteiger partial charge is 0.324 e. The lowest BCUT2D eigenvalue weighted by atomic mass is 9.99. The molecule has 0 aromatic heterocycles. The number of Topliss-reactive ketones (excluding diaryl/α,β-unsaturated/α-hetero) is 1. The van der Waals surface area contributed by atoms with Crippen molar-refractivity contribution in [1.82, 2.24) is 4.90 Å². The first-order valence-electron chi connectivity index (χ1n) is 8.92. The zero-order chi connectivity index (χ0) is 18.5. The molecule has 1 aliphatic heterocycles. The number of ketones is 1.